The quantitative estimate of drug-likeness (QED) is 0.701. The number of ether oxygens (including phenoxy) is 3. The van der Waals surface area contributed by atoms with E-state index in [2.05, 4.69) is 15.4 Å². The summed E-state index contributed by atoms with van der Waals surface area (Å²) < 4.78 is 16.6. The molecule has 3 heterocycles. The van der Waals surface area contributed by atoms with Crippen molar-refractivity contribution in [2.75, 3.05) is 20.8 Å². The van der Waals surface area contributed by atoms with Crippen LogP contribution in [0.3, 0.4) is 0 Å². The summed E-state index contributed by atoms with van der Waals surface area (Å²) in [5.41, 5.74) is 4.60. The number of carbonyl (C=O) groups is 1. The van der Waals surface area contributed by atoms with Gasteiger partial charge in [-0.25, -0.2) is 10.5 Å². The van der Waals surface area contributed by atoms with E-state index < -0.39 is 0 Å². The Kier molecular flexibility index (Phi) is 4.94. The third-order valence-corrected chi connectivity index (χ3v) is 4.40. The molecule has 1 fully saturated rings. The summed E-state index contributed by atoms with van der Waals surface area (Å²) in [5, 5.41) is 0.781. The van der Waals surface area contributed by atoms with Crippen LogP contribution >= 0.6 is 0 Å². The highest BCUT2D eigenvalue weighted by Gasteiger charge is 2.24. The van der Waals surface area contributed by atoms with Gasteiger partial charge in [0.25, 0.3) is 0 Å². The number of pyridine rings is 2. The molecule has 3 aromatic rings. The molecule has 28 heavy (non-hydrogen) atoms. The van der Waals surface area contributed by atoms with Gasteiger partial charge in [-0.05, 0) is 36.4 Å². The molecular weight excluding hydrogens is 362 g/mol. The van der Waals surface area contributed by atoms with Crippen LogP contribution in [0.5, 0.6) is 17.4 Å². The van der Waals surface area contributed by atoms with E-state index in [1.165, 1.54) is 0 Å². The zero-order valence-corrected chi connectivity index (χ0v) is 15.5. The van der Waals surface area contributed by atoms with Crippen LogP contribution in [0.2, 0.25) is 0 Å². The van der Waals surface area contributed by atoms with Gasteiger partial charge in [-0.1, -0.05) is 0 Å². The normalized spacial score (nSPS) is 16.1. The predicted octanol–water partition coefficient (Wildman–Crippen LogP) is 2.51. The van der Waals surface area contributed by atoms with Gasteiger partial charge in [-0.15, -0.1) is 0 Å². The molecule has 2 aromatic heterocycles. The third-order valence-electron chi connectivity index (χ3n) is 4.40. The average molecular weight is 381 g/mol. The lowest BCUT2D eigenvalue weighted by atomic mass is 10.1. The first-order valence-electron chi connectivity index (χ1n) is 8.73. The average Bonchev–Trinajstić information content (AvgIpc) is 3.16. The Morgan fingerprint density at radius 3 is 2.79 bits per heavy atom. The second kappa shape index (κ2) is 7.69. The summed E-state index contributed by atoms with van der Waals surface area (Å²) in [6.45, 7) is 0.200. The van der Waals surface area contributed by atoms with Crippen molar-refractivity contribution in [2.24, 2.45) is 0 Å². The summed E-state index contributed by atoms with van der Waals surface area (Å²) in [6.07, 6.45) is 1.62. The fourth-order valence-electron chi connectivity index (χ4n) is 3.00. The zero-order valence-electron chi connectivity index (χ0n) is 15.5. The van der Waals surface area contributed by atoms with Crippen LogP contribution in [-0.4, -0.2) is 42.8 Å². The smallest absolute Gasteiger partial charge is 0.246 e. The summed E-state index contributed by atoms with van der Waals surface area (Å²) in [4.78, 5) is 25.5. The van der Waals surface area contributed by atoms with Crippen molar-refractivity contribution in [3.8, 4) is 28.6 Å². The van der Waals surface area contributed by atoms with Gasteiger partial charge in [0.1, 0.15) is 12.7 Å². The van der Waals surface area contributed by atoms with Gasteiger partial charge in [0.15, 0.2) is 11.5 Å². The first-order chi connectivity index (χ1) is 13.7. The van der Waals surface area contributed by atoms with Crippen LogP contribution in [0, 0.1) is 0 Å². The number of hydroxylamine groups is 1. The van der Waals surface area contributed by atoms with Gasteiger partial charge in [-0.2, -0.15) is 0 Å². The lowest BCUT2D eigenvalue weighted by Gasteiger charge is -2.13. The summed E-state index contributed by atoms with van der Waals surface area (Å²) in [7, 11) is 3.18. The lowest BCUT2D eigenvalue weighted by molar-refractivity contribution is -0.124. The maximum atomic E-state index is 11.3. The Morgan fingerprint density at radius 1 is 1.18 bits per heavy atom. The minimum atomic E-state index is -0.356. The molecule has 1 N–H and O–H groups in total. The number of nitrogens with zero attached hydrogens (tertiary/aromatic N) is 2. The van der Waals surface area contributed by atoms with Gasteiger partial charge >= 0.3 is 0 Å². The molecule has 1 amide bonds. The molecule has 0 saturated carbocycles. The molecule has 1 saturated heterocycles. The largest absolute Gasteiger partial charge is 0.493 e. The van der Waals surface area contributed by atoms with Gasteiger partial charge in [0, 0.05) is 11.8 Å². The highest BCUT2D eigenvalue weighted by atomic mass is 16.7. The Labute approximate surface area is 161 Å². The number of benzene rings is 1. The first kappa shape index (κ1) is 18.0. The predicted molar refractivity (Wildman–Crippen MR) is 101 cm³/mol. The standard InChI is InChI=1S/C20H19N3O5/c1-25-17-6-5-12(8-18(17)26-2)15-10-16-14(4-3-7-21-16)20(22-15)27-11-13-9-19(24)23-28-13/h3-8,10,13H,9,11H2,1-2H3,(H,23,24). The molecule has 8 heteroatoms. The maximum absolute atomic E-state index is 11.3. The highest BCUT2D eigenvalue weighted by Crippen LogP contribution is 2.34. The molecule has 1 atom stereocenters. The molecule has 8 nitrogen and oxygen atoms in total. The van der Waals surface area contributed by atoms with Crippen LogP contribution in [0.25, 0.3) is 22.2 Å². The van der Waals surface area contributed by atoms with E-state index in [9.17, 15) is 4.79 Å². The van der Waals surface area contributed by atoms with Gasteiger partial charge in [0.2, 0.25) is 11.8 Å². The highest BCUT2D eigenvalue weighted by molar-refractivity contribution is 5.87. The zero-order chi connectivity index (χ0) is 19.5. The van der Waals surface area contributed by atoms with Crippen LogP contribution < -0.4 is 19.7 Å². The summed E-state index contributed by atoms with van der Waals surface area (Å²) in [6, 6.07) is 11.2. The van der Waals surface area contributed by atoms with Crippen molar-refractivity contribution < 1.29 is 23.8 Å². The third kappa shape index (κ3) is 3.54. The van der Waals surface area contributed by atoms with E-state index in [1.54, 1.807) is 20.4 Å². The van der Waals surface area contributed by atoms with Gasteiger partial charge < -0.3 is 14.2 Å². The van der Waals surface area contributed by atoms with Crippen molar-refractivity contribution in [2.45, 2.75) is 12.5 Å². The molecule has 1 aromatic carbocycles. The van der Waals surface area contributed by atoms with Gasteiger partial charge in [-0.3, -0.25) is 14.6 Å². The van der Waals surface area contributed by atoms with Crippen LogP contribution in [0.1, 0.15) is 6.42 Å². The number of hydrogen-bond acceptors (Lipinski definition) is 7. The fraction of sp³-hybridized carbons (Fsp3) is 0.250. The van der Waals surface area contributed by atoms with E-state index >= 15 is 0 Å². The number of rotatable bonds is 6. The molecule has 4 rings (SSSR count). The molecule has 0 aliphatic carbocycles. The van der Waals surface area contributed by atoms with Crippen molar-refractivity contribution in [3.63, 3.8) is 0 Å². The number of fused-ring (bicyclic) bond motifs is 1. The van der Waals surface area contributed by atoms with E-state index in [4.69, 9.17) is 19.0 Å². The number of carbonyl (C=O) groups excluding carboxylic acids is 1. The Balaban J connectivity index is 1.70. The number of aromatic nitrogens is 2. The summed E-state index contributed by atoms with van der Waals surface area (Å²) >= 11 is 0. The topological polar surface area (TPSA) is 91.8 Å². The molecule has 144 valence electrons. The molecular formula is C20H19N3O5. The van der Waals surface area contributed by atoms with Crippen LogP contribution in [0.4, 0.5) is 0 Å². The second-order valence-corrected chi connectivity index (χ2v) is 6.23. The van der Waals surface area contributed by atoms with E-state index in [0.29, 0.717) is 23.1 Å². The lowest BCUT2D eigenvalue weighted by Crippen LogP contribution is -2.19. The van der Waals surface area contributed by atoms with Crippen LogP contribution in [0.15, 0.2) is 42.6 Å². The molecule has 1 aliphatic heterocycles. The van der Waals surface area contributed by atoms with Crippen molar-refractivity contribution in [1.29, 1.82) is 0 Å². The number of nitrogens with one attached hydrogen (secondary N) is 1. The Morgan fingerprint density at radius 2 is 2.04 bits per heavy atom. The molecule has 0 bridgehead atoms. The fourth-order valence-corrected chi connectivity index (χ4v) is 3.00. The van der Waals surface area contributed by atoms with Crippen LogP contribution in [-0.2, 0) is 9.63 Å². The minimum Gasteiger partial charge on any atom is -0.493 e. The number of hydrogen-bond donors (Lipinski definition) is 1. The molecule has 0 radical (unpaired) electrons. The Bertz CT molecular complexity index is 1020. The minimum absolute atomic E-state index is 0.160. The molecule has 1 unspecified atom stereocenters. The van der Waals surface area contributed by atoms with Crippen molar-refractivity contribution >= 4 is 16.8 Å². The van der Waals surface area contributed by atoms with Gasteiger partial charge in [0.05, 0.1) is 37.2 Å². The summed E-state index contributed by atoms with van der Waals surface area (Å²) in [5.74, 6) is 1.51. The second-order valence-electron chi connectivity index (χ2n) is 6.23. The monoisotopic (exact) mass is 381 g/mol. The first-order valence-corrected chi connectivity index (χ1v) is 8.73. The molecule has 0 spiro atoms. The van der Waals surface area contributed by atoms with Crippen molar-refractivity contribution in [3.05, 3.63) is 42.6 Å². The Hall–Kier alpha value is -3.39. The van der Waals surface area contributed by atoms with Crippen molar-refractivity contribution in [1.82, 2.24) is 15.4 Å². The van der Waals surface area contributed by atoms with E-state index in [-0.39, 0.29) is 25.0 Å². The number of amides is 1. The maximum Gasteiger partial charge on any atom is 0.246 e. The van der Waals surface area contributed by atoms with E-state index in [0.717, 1.165) is 16.5 Å². The van der Waals surface area contributed by atoms with E-state index in [1.807, 2.05) is 36.4 Å². The molecule has 1 aliphatic rings. The number of methoxy groups -OCH3 is 2. The SMILES string of the molecule is COc1ccc(-c2cc3ncccc3c(OCC3CC(=O)NO3)n2)cc1OC.